The summed E-state index contributed by atoms with van der Waals surface area (Å²) in [6, 6.07) is 4.20. The summed E-state index contributed by atoms with van der Waals surface area (Å²) in [5, 5.41) is 2.69. The van der Waals surface area contributed by atoms with Crippen LogP contribution in [0.3, 0.4) is 0 Å². The molecule has 100 valence electrons. The number of nitrogens with two attached hydrogens (primary N) is 1. The molecule has 18 heavy (non-hydrogen) atoms. The van der Waals surface area contributed by atoms with Crippen LogP contribution in [0.4, 0.5) is 10.1 Å². The average Bonchev–Trinajstić information content (AvgIpc) is 2.32. The van der Waals surface area contributed by atoms with Crippen LogP contribution in [0.5, 0.6) is 0 Å². The van der Waals surface area contributed by atoms with E-state index in [1.54, 1.807) is 6.07 Å². The van der Waals surface area contributed by atoms with Gasteiger partial charge in [-0.3, -0.25) is 4.79 Å². The molecule has 0 saturated heterocycles. The monoisotopic (exact) mass is 316 g/mol. The lowest BCUT2D eigenvalue weighted by Crippen LogP contribution is -2.14. The number of halogens is 2. The number of benzene rings is 1. The summed E-state index contributed by atoms with van der Waals surface area (Å²) in [5.74, 6) is -0.0492. The molecule has 1 aromatic carbocycles. The van der Waals surface area contributed by atoms with E-state index in [0.717, 1.165) is 12.8 Å². The smallest absolute Gasteiger partial charge is 0.224 e. The third kappa shape index (κ3) is 5.14. The quantitative estimate of drug-likeness (QED) is 0.846. The number of carbonyl (C=O) groups is 1. The van der Waals surface area contributed by atoms with Gasteiger partial charge in [0.25, 0.3) is 0 Å². The molecule has 0 aromatic heterocycles. The number of rotatable bonds is 6. The topological polar surface area (TPSA) is 55.1 Å². The van der Waals surface area contributed by atoms with Gasteiger partial charge in [-0.1, -0.05) is 6.92 Å². The molecule has 1 amide bonds. The zero-order valence-corrected chi connectivity index (χ0v) is 12.0. The SMILES string of the molecule is CC(CCN)CCC(=O)Nc1cc(F)ccc1Br. The van der Waals surface area contributed by atoms with Gasteiger partial charge in [-0.25, -0.2) is 4.39 Å². The van der Waals surface area contributed by atoms with Crippen LogP contribution < -0.4 is 11.1 Å². The van der Waals surface area contributed by atoms with Gasteiger partial charge in [0.2, 0.25) is 5.91 Å². The molecule has 1 aromatic rings. The van der Waals surface area contributed by atoms with Gasteiger partial charge < -0.3 is 11.1 Å². The molecular formula is C13H18BrFN2O. The number of carbonyl (C=O) groups excluding carboxylic acids is 1. The molecule has 0 fully saturated rings. The fourth-order valence-electron chi connectivity index (χ4n) is 1.61. The third-order valence-corrected chi connectivity index (χ3v) is 3.42. The molecule has 3 nitrogen and oxygen atoms in total. The predicted molar refractivity (Wildman–Crippen MR) is 74.8 cm³/mol. The Hall–Kier alpha value is -0.940. The van der Waals surface area contributed by atoms with Crippen LogP contribution >= 0.6 is 15.9 Å². The first kappa shape index (κ1) is 15.1. The Morgan fingerprint density at radius 1 is 1.50 bits per heavy atom. The minimum Gasteiger partial charge on any atom is -0.330 e. The Morgan fingerprint density at radius 3 is 2.89 bits per heavy atom. The molecule has 1 atom stereocenters. The van der Waals surface area contributed by atoms with Crippen LogP contribution in [0, 0.1) is 11.7 Å². The molecule has 1 unspecified atom stereocenters. The van der Waals surface area contributed by atoms with Gasteiger partial charge in [0.1, 0.15) is 5.82 Å². The maximum Gasteiger partial charge on any atom is 0.224 e. The minimum atomic E-state index is -0.370. The van der Waals surface area contributed by atoms with Crippen LogP contribution in [0.25, 0.3) is 0 Å². The van der Waals surface area contributed by atoms with E-state index in [2.05, 4.69) is 28.2 Å². The first-order valence-corrected chi connectivity index (χ1v) is 6.77. The highest BCUT2D eigenvalue weighted by atomic mass is 79.9. The molecule has 0 saturated carbocycles. The van der Waals surface area contributed by atoms with Gasteiger partial charge in [-0.15, -0.1) is 0 Å². The Morgan fingerprint density at radius 2 is 2.22 bits per heavy atom. The molecule has 0 aliphatic heterocycles. The van der Waals surface area contributed by atoms with Crippen LogP contribution in [0.2, 0.25) is 0 Å². The van der Waals surface area contributed by atoms with Crippen molar-refractivity contribution in [2.45, 2.75) is 26.2 Å². The average molecular weight is 317 g/mol. The predicted octanol–water partition coefficient (Wildman–Crippen LogP) is 3.29. The highest BCUT2D eigenvalue weighted by molar-refractivity contribution is 9.10. The molecule has 5 heteroatoms. The van der Waals surface area contributed by atoms with E-state index in [-0.39, 0.29) is 11.7 Å². The number of amides is 1. The molecule has 0 aliphatic rings. The summed E-state index contributed by atoms with van der Waals surface area (Å²) in [7, 11) is 0. The van der Waals surface area contributed by atoms with E-state index in [4.69, 9.17) is 5.73 Å². The van der Waals surface area contributed by atoms with Crippen molar-refractivity contribution in [2.75, 3.05) is 11.9 Å². The lowest BCUT2D eigenvalue weighted by atomic mass is 10.0. The summed E-state index contributed by atoms with van der Waals surface area (Å²) in [6.45, 7) is 2.70. The van der Waals surface area contributed by atoms with Crippen molar-refractivity contribution in [3.63, 3.8) is 0 Å². The normalized spacial score (nSPS) is 12.2. The van der Waals surface area contributed by atoms with Crippen LogP contribution in [0.15, 0.2) is 22.7 Å². The highest BCUT2D eigenvalue weighted by Gasteiger charge is 2.09. The van der Waals surface area contributed by atoms with E-state index < -0.39 is 0 Å². The zero-order valence-electron chi connectivity index (χ0n) is 10.4. The second-order valence-corrected chi connectivity index (χ2v) is 5.25. The maximum atomic E-state index is 13.0. The van der Waals surface area contributed by atoms with E-state index in [1.807, 2.05) is 0 Å². The summed E-state index contributed by atoms with van der Waals surface area (Å²) in [5.41, 5.74) is 5.91. The number of hydrogen-bond acceptors (Lipinski definition) is 2. The lowest BCUT2D eigenvalue weighted by Gasteiger charge is -2.10. The van der Waals surface area contributed by atoms with E-state index in [9.17, 15) is 9.18 Å². The lowest BCUT2D eigenvalue weighted by molar-refractivity contribution is -0.116. The maximum absolute atomic E-state index is 13.0. The fourth-order valence-corrected chi connectivity index (χ4v) is 1.96. The van der Waals surface area contributed by atoms with Crippen LogP contribution in [-0.2, 0) is 4.79 Å². The van der Waals surface area contributed by atoms with Crippen molar-refractivity contribution in [3.05, 3.63) is 28.5 Å². The summed E-state index contributed by atoms with van der Waals surface area (Å²) in [4.78, 5) is 11.7. The first-order valence-electron chi connectivity index (χ1n) is 5.98. The van der Waals surface area contributed by atoms with Gasteiger partial charge in [0.15, 0.2) is 0 Å². The summed E-state index contributed by atoms with van der Waals surface area (Å²) in [6.07, 6.45) is 2.12. The molecule has 3 N–H and O–H groups in total. The Kier molecular flexibility index (Phi) is 6.29. The number of nitrogens with one attached hydrogen (secondary N) is 1. The standard InChI is InChI=1S/C13H18BrFN2O/c1-9(6-7-16)2-5-13(18)17-12-8-10(15)3-4-11(12)14/h3-4,8-9H,2,5-7,16H2,1H3,(H,17,18). The van der Waals surface area contributed by atoms with Gasteiger partial charge in [0, 0.05) is 10.9 Å². The molecule has 0 heterocycles. The second kappa shape index (κ2) is 7.48. The molecule has 0 bridgehead atoms. The summed E-state index contributed by atoms with van der Waals surface area (Å²) >= 11 is 3.27. The van der Waals surface area contributed by atoms with Crippen molar-refractivity contribution < 1.29 is 9.18 Å². The molecular weight excluding hydrogens is 299 g/mol. The van der Waals surface area contributed by atoms with Crippen molar-refractivity contribution in [1.82, 2.24) is 0 Å². The van der Waals surface area contributed by atoms with Gasteiger partial charge >= 0.3 is 0 Å². The van der Waals surface area contributed by atoms with Crippen molar-refractivity contribution in [2.24, 2.45) is 11.7 Å². The highest BCUT2D eigenvalue weighted by Crippen LogP contribution is 2.23. The largest absolute Gasteiger partial charge is 0.330 e. The van der Waals surface area contributed by atoms with Crippen molar-refractivity contribution in [3.8, 4) is 0 Å². The van der Waals surface area contributed by atoms with Crippen molar-refractivity contribution in [1.29, 1.82) is 0 Å². The zero-order chi connectivity index (χ0) is 13.5. The molecule has 0 aliphatic carbocycles. The molecule has 0 radical (unpaired) electrons. The molecule has 0 spiro atoms. The summed E-state index contributed by atoms with van der Waals surface area (Å²) < 4.78 is 13.7. The number of hydrogen-bond donors (Lipinski definition) is 2. The van der Waals surface area contributed by atoms with Crippen LogP contribution in [-0.4, -0.2) is 12.5 Å². The van der Waals surface area contributed by atoms with Gasteiger partial charge in [0.05, 0.1) is 5.69 Å². The van der Waals surface area contributed by atoms with Gasteiger partial charge in [-0.05, 0) is 59.4 Å². The van der Waals surface area contributed by atoms with E-state index >= 15 is 0 Å². The van der Waals surface area contributed by atoms with Gasteiger partial charge in [-0.2, -0.15) is 0 Å². The number of anilines is 1. The molecule has 1 rings (SSSR count). The van der Waals surface area contributed by atoms with Crippen LogP contribution in [0.1, 0.15) is 26.2 Å². The van der Waals surface area contributed by atoms with Crippen molar-refractivity contribution >= 4 is 27.5 Å². The first-order chi connectivity index (χ1) is 8.52. The Labute approximate surface area is 115 Å². The fraction of sp³-hybridized carbons (Fsp3) is 0.462. The second-order valence-electron chi connectivity index (χ2n) is 4.39. The minimum absolute atomic E-state index is 0.106. The Balaban J connectivity index is 2.47. The third-order valence-electron chi connectivity index (χ3n) is 2.73. The van der Waals surface area contributed by atoms with E-state index in [1.165, 1.54) is 12.1 Å². The Bertz CT molecular complexity index is 412. The van der Waals surface area contributed by atoms with E-state index in [0.29, 0.717) is 29.0 Å².